The molecule has 7 heteroatoms. The van der Waals surface area contributed by atoms with Crippen LogP contribution in [0.25, 0.3) is 11.0 Å². The van der Waals surface area contributed by atoms with E-state index in [1.807, 2.05) is 12.1 Å². The fraction of sp³-hybridized carbons (Fsp3) is 0.300. The maximum absolute atomic E-state index is 12.4. The summed E-state index contributed by atoms with van der Waals surface area (Å²) in [6.45, 7) is 2.29. The van der Waals surface area contributed by atoms with Crippen LogP contribution in [-0.2, 0) is 0 Å². The highest BCUT2D eigenvalue weighted by molar-refractivity contribution is 5.96. The van der Waals surface area contributed by atoms with Gasteiger partial charge in [0.25, 0.3) is 5.91 Å². The first-order valence-corrected chi connectivity index (χ1v) is 9.03. The fourth-order valence-corrected chi connectivity index (χ4v) is 3.37. The molecule has 1 fully saturated rings. The van der Waals surface area contributed by atoms with Crippen molar-refractivity contribution in [2.75, 3.05) is 24.5 Å². The van der Waals surface area contributed by atoms with Gasteiger partial charge in [-0.2, -0.15) is 0 Å². The first kappa shape index (κ1) is 17.2. The summed E-state index contributed by atoms with van der Waals surface area (Å²) in [5, 5.41) is 3.62. The van der Waals surface area contributed by atoms with Gasteiger partial charge in [0.2, 0.25) is 0 Å². The average molecular weight is 364 g/mol. The van der Waals surface area contributed by atoms with Gasteiger partial charge in [-0.25, -0.2) is 9.78 Å². The van der Waals surface area contributed by atoms with E-state index in [4.69, 9.17) is 4.42 Å². The van der Waals surface area contributed by atoms with E-state index in [2.05, 4.69) is 20.2 Å². The maximum Gasteiger partial charge on any atom is 0.349 e. The number of para-hydroxylation sites is 1. The number of piperidine rings is 1. The Hall–Kier alpha value is -3.22. The first-order valence-electron chi connectivity index (χ1n) is 9.03. The molecule has 1 amide bonds. The van der Waals surface area contributed by atoms with Crippen molar-refractivity contribution in [1.82, 2.24) is 15.3 Å². The van der Waals surface area contributed by atoms with E-state index in [-0.39, 0.29) is 11.5 Å². The highest BCUT2D eigenvalue weighted by Gasteiger charge is 2.21. The van der Waals surface area contributed by atoms with Crippen molar-refractivity contribution in [3.63, 3.8) is 0 Å². The number of aromatic nitrogens is 2. The van der Waals surface area contributed by atoms with E-state index in [9.17, 15) is 9.59 Å². The van der Waals surface area contributed by atoms with Gasteiger partial charge in [0.05, 0.1) is 6.20 Å². The van der Waals surface area contributed by atoms with Gasteiger partial charge < -0.3 is 14.6 Å². The molecule has 27 heavy (non-hydrogen) atoms. The van der Waals surface area contributed by atoms with Crippen LogP contribution in [-0.4, -0.2) is 35.5 Å². The molecule has 7 nitrogen and oxygen atoms in total. The Morgan fingerprint density at radius 2 is 2.04 bits per heavy atom. The molecule has 1 saturated heterocycles. The summed E-state index contributed by atoms with van der Waals surface area (Å²) in [5.74, 6) is 0.869. The molecule has 0 bridgehead atoms. The number of benzene rings is 1. The molecule has 1 aliphatic heterocycles. The van der Waals surface area contributed by atoms with Gasteiger partial charge in [0.15, 0.2) is 0 Å². The molecule has 3 heterocycles. The van der Waals surface area contributed by atoms with Crippen molar-refractivity contribution in [3.05, 3.63) is 64.9 Å². The highest BCUT2D eigenvalue weighted by atomic mass is 16.4. The predicted molar refractivity (Wildman–Crippen MR) is 102 cm³/mol. The van der Waals surface area contributed by atoms with Crippen LogP contribution in [0.3, 0.4) is 0 Å². The molecule has 0 unspecified atom stereocenters. The lowest BCUT2D eigenvalue weighted by atomic mass is 9.96. The van der Waals surface area contributed by atoms with E-state index in [0.717, 1.165) is 37.1 Å². The summed E-state index contributed by atoms with van der Waals surface area (Å²) < 4.78 is 5.23. The van der Waals surface area contributed by atoms with Crippen molar-refractivity contribution in [2.45, 2.75) is 12.8 Å². The summed E-state index contributed by atoms with van der Waals surface area (Å²) in [5.41, 5.74) is -0.0789. The largest absolute Gasteiger partial charge is 0.422 e. The van der Waals surface area contributed by atoms with E-state index in [1.165, 1.54) is 0 Å². The molecule has 2 aromatic heterocycles. The SMILES string of the molecule is O=C(NCC1CCN(c2cnccn2)CC1)c1cc2ccccc2oc1=O. The van der Waals surface area contributed by atoms with Crippen molar-refractivity contribution < 1.29 is 9.21 Å². The summed E-state index contributed by atoms with van der Waals surface area (Å²) in [7, 11) is 0. The lowest BCUT2D eigenvalue weighted by Gasteiger charge is -2.32. The minimum absolute atomic E-state index is 0.0469. The second-order valence-electron chi connectivity index (χ2n) is 6.69. The van der Waals surface area contributed by atoms with E-state index < -0.39 is 5.63 Å². The Labute approximate surface area is 156 Å². The zero-order valence-corrected chi connectivity index (χ0v) is 14.8. The Bertz CT molecular complexity index is 995. The van der Waals surface area contributed by atoms with Gasteiger partial charge in [-0.05, 0) is 30.9 Å². The third-order valence-electron chi connectivity index (χ3n) is 4.93. The quantitative estimate of drug-likeness (QED) is 0.714. The van der Waals surface area contributed by atoms with Gasteiger partial charge in [0, 0.05) is 37.4 Å². The van der Waals surface area contributed by atoms with Crippen LogP contribution in [0.4, 0.5) is 5.82 Å². The minimum Gasteiger partial charge on any atom is -0.422 e. The third-order valence-corrected chi connectivity index (χ3v) is 4.93. The number of anilines is 1. The summed E-state index contributed by atoms with van der Waals surface area (Å²) in [6, 6.07) is 8.75. The monoisotopic (exact) mass is 364 g/mol. The molecule has 0 aliphatic carbocycles. The first-order chi connectivity index (χ1) is 13.2. The van der Waals surface area contributed by atoms with Crippen LogP contribution in [0.1, 0.15) is 23.2 Å². The topological polar surface area (TPSA) is 88.3 Å². The summed E-state index contributed by atoms with van der Waals surface area (Å²) in [4.78, 5) is 35.1. The summed E-state index contributed by atoms with van der Waals surface area (Å²) >= 11 is 0. The van der Waals surface area contributed by atoms with Crippen molar-refractivity contribution >= 4 is 22.7 Å². The summed E-state index contributed by atoms with van der Waals surface area (Å²) in [6.07, 6.45) is 7.01. The Morgan fingerprint density at radius 3 is 2.81 bits per heavy atom. The molecule has 138 valence electrons. The normalized spacial score (nSPS) is 15.0. The molecule has 0 atom stereocenters. The standard InChI is InChI=1S/C20H20N4O3/c25-19(16-11-15-3-1-2-4-17(15)27-20(16)26)23-12-14-5-9-24(10-6-14)18-13-21-7-8-22-18/h1-4,7-8,11,13-14H,5-6,9-10,12H2,(H,23,25). The van der Waals surface area contributed by atoms with Crippen LogP contribution in [0.2, 0.25) is 0 Å². The van der Waals surface area contributed by atoms with Gasteiger partial charge in [0.1, 0.15) is 17.0 Å². The number of hydrogen-bond acceptors (Lipinski definition) is 6. The smallest absolute Gasteiger partial charge is 0.349 e. The molecule has 4 rings (SSSR count). The number of hydrogen-bond donors (Lipinski definition) is 1. The van der Waals surface area contributed by atoms with Crippen LogP contribution in [0, 0.1) is 5.92 Å². The van der Waals surface area contributed by atoms with Gasteiger partial charge in [-0.15, -0.1) is 0 Å². The Kier molecular flexibility index (Phi) is 4.82. The molecule has 1 aliphatic rings. The molecule has 1 N–H and O–H groups in total. The molecule has 3 aromatic rings. The van der Waals surface area contributed by atoms with Gasteiger partial charge in [-0.1, -0.05) is 18.2 Å². The second kappa shape index (κ2) is 7.57. The number of carbonyl (C=O) groups excluding carboxylic acids is 1. The molecule has 0 spiro atoms. The van der Waals surface area contributed by atoms with Gasteiger partial charge in [-0.3, -0.25) is 9.78 Å². The number of carbonyl (C=O) groups is 1. The number of nitrogens with zero attached hydrogens (tertiary/aromatic N) is 3. The molecular weight excluding hydrogens is 344 g/mol. The van der Waals surface area contributed by atoms with Crippen LogP contribution < -0.4 is 15.8 Å². The molecule has 0 saturated carbocycles. The number of rotatable bonds is 4. The van der Waals surface area contributed by atoms with Gasteiger partial charge >= 0.3 is 5.63 Å². The zero-order valence-electron chi connectivity index (χ0n) is 14.8. The lowest BCUT2D eigenvalue weighted by molar-refractivity contribution is 0.0941. The maximum atomic E-state index is 12.4. The Balaban J connectivity index is 1.35. The second-order valence-corrected chi connectivity index (χ2v) is 6.69. The van der Waals surface area contributed by atoms with Crippen LogP contribution >= 0.6 is 0 Å². The zero-order chi connectivity index (χ0) is 18.6. The van der Waals surface area contributed by atoms with Crippen molar-refractivity contribution in [2.24, 2.45) is 5.92 Å². The molecular formula is C20H20N4O3. The highest BCUT2D eigenvalue weighted by Crippen LogP contribution is 2.20. The van der Waals surface area contributed by atoms with E-state index >= 15 is 0 Å². The molecule has 1 aromatic carbocycles. The third kappa shape index (κ3) is 3.81. The minimum atomic E-state index is -0.608. The van der Waals surface area contributed by atoms with Crippen LogP contribution in [0.15, 0.2) is 58.1 Å². The van der Waals surface area contributed by atoms with E-state index in [0.29, 0.717) is 18.0 Å². The van der Waals surface area contributed by atoms with Crippen molar-refractivity contribution in [3.8, 4) is 0 Å². The van der Waals surface area contributed by atoms with Crippen LogP contribution in [0.5, 0.6) is 0 Å². The fourth-order valence-electron chi connectivity index (χ4n) is 3.37. The molecule has 0 radical (unpaired) electrons. The van der Waals surface area contributed by atoms with Crippen molar-refractivity contribution in [1.29, 1.82) is 0 Å². The Morgan fingerprint density at radius 1 is 1.22 bits per heavy atom. The average Bonchev–Trinajstić information content (AvgIpc) is 2.72. The number of nitrogens with one attached hydrogen (secondary N) is 1. The number of fused-ring (bicyclic) bond motifs is 1. The number of amides is 1. The predicted octanol–water partition coefficient (Wildman–Crippen LogP) is 2.23. The lowest BCUT2D eigenvalue weighted by Crippen LogP contribution is -2.39. The van der Waals surface area contributed by atoms with E-state index in [1.54, 1.807) is 36.8 Å².